The van der Waals surface area contributed by atoms with Crippen molar-refractivity contribution in [2.24, 2.45) is 17.8 Å². The van der Waals surface area contributed by atoms with Gasteiger partial charge in [-0.2, -0.15) is 0 Å². The molecule has 5 heteroatoms. The first-order valence-electron chi connectivity index (χ1n) is 6.28. The lowest BCUT2D eigenvalue weighted by Gasteiger charge is -2.21. The summed E-state index contributed by atoms with van der Waals surface area (Å²) in [5.41, 5.74) is 0.772. The molecule has 5 nitrogen and oxygen atoms in total. The Morgan fingerprint density at radius 1 is 1.47 bits per heavy atom. The maximum atomic E-state index is 10.9. The Bertz CT molecular complexity index is 455. The lowest BCUT2D eigenvalue weighted by molar-refractivity contribution is 0.0689. The predicted octanol–water partition coefficient (Wildman–Crippen LogP) is 1.72. The van der Waals surface area contributed by atoms with Gasteiger partial charge in [0.2, 0.25) is 0 Å². The van der Waals surface area contributed by atoms with Crippen molar-refractivity contribution in [3.63, 3.8) is 0 Å². The Kier molecular flexibility index (Phi) is 2.42. The molecule has 3 atom stereocenters. The Hall–Kier alpha value is -1.39. The van der Waals surface area contributed by atoms with Crippen molar-refractivity contribution in [1.82, 2.24) is 15.0 Å². The van der Waals surface area contributed by atoms with Gasteiger partial charge >= 0.3 is 5.97 Å². The van der Waals surface area contributed by atoms with E-state index in [1.54, 1.807) is 11.6 Å². The van der Waals surface area contributed by atoms with Gasteiger partial charge in [-0.15, -0.1) is 5.10 Å². The number of carboxylic acids is 1. The van der Waals surface area contributed by atoms with E-state index in [1.165, 1.54) is 25.7 Å². The molecule has 0 radical (unpaired) electrons. The number of rotatable bonds is 3. The van der Waals surface area contributed by atoms with Gasteiger partial charge < -0.3 is 5.11 Å². The Labute approximate surface area is 99.8 Å². The molecule has 2 saturated carbocycles. The van der Waals surface area contributed by atoms with Crippen LogP contribution >= 0.6 is 0 Å². The minimum absolute atomic E-state index is 0.0909. The van der Waals surface area contributed by atoms with Crippen LogP contribution in [-0.2, 0) is 6.54 Å². The fourth-order valence-electron chi connectivity index (χ4n) is 3.55. The molecule has 92 valence electrons. The molecule has 17 heavy (non-hydrogen) atoms. The number of aromatic nitrogens is 3. The summed E-state index contributed by atoms with van der Waals surface area (Å²) in [7, 11) is 0. The van der Waals surface area contributed by atoms with Gasteiger partial charge in [0.1, 0.15) is 0 Å². The van der Waals surface area contributed by atoms with Gasteiger partial charge in [0, 0.05) is 6.54 Å². The summed E-state index contributed by atoms with van der Waals surface area (Å²) >= 11 is 0. The SMILES string of the molecule is Cc1c(C(=O)O)nnn1CC1CC2CCC1C2. The van der Waals surface area contributed by atoms with Crippen LogP contribution in [-0.4, -0.2) is 26.1 Å². The van der Waals surface area contributed by atoms with Crippen molar-refractivity contribution in [1.29, 1.82) is 0 Å². The molecule has 2 aliphatic carbocycles. The highest BCUT2D eigenvalue weighted by Gasteiger charge is 2.39. The van der Waals surface area contributed by atoms with Gasteiger partial charge in [0.25, 0.3) is 0 Å². The predicted molar refractivity (Wildman–Crippen MR) is 60.7 cm³/mol. The molecular weight excluding hydrogens is 218 g/mol. The molecule has 3 unspecified atom stereocenters. The second kappa shape index (κ2) is 3.82. The second-order valence-electron chi connectivity index (χ2n) is 5.45. The fraction of sp³-hybridized carbons (Fsp3) is 0.750. The van der Waals surface area contributed by atoms with Crippen LogP contribution < -0.4 is 0 Å². The van der Waals surface area contributed by atoms with Crippen LogP contribution in [0.15, 0.2) is 0 Å². The highest BCUT2D eigenvalue weighted by molar-refractivity contribution is 5.86. The third-order valence-electron chi connectivity index (χ3n) is 4.48. The molecule has 0 aliphatic heterocycles. The Balaban J connectivity index is 1.75. The summed E-state index contributed by atoms with van der Waals surface area (Å²) in [6, 6.07) is 0. The first-order chi connectivity index (χ1) is 8.15. The van der Waals surface area contributed by atoms with Crippen molar-refractivity contribution in [2.45, 2.75) is 39.2 Å². The topological polar surface area (TPSA) is 68.0 Å². The fourth-order valence-corrected chi connectivity index (χ4v) is 3.55. The zero-order chi connectivity index (χ0) is 12.0. The Morgan fingerprint density at radius 3 is 2.82 bits per heavy atom. The molecule has 0 spiro atoms. The van der Waals surface area contributed by atoms with E-state index in [0.29, 0.717) is 11.6 Å². The minimum atomic E-state index is -0.985. The zero-order valence-electron chi connectivity index (χ0n) is 9.96. The monoisotopic (exact) mass is 235 g/mol. The molecular formula is C12H17N3O2. The van der Waals surface area contributed by atoms with E-state index in [0.717, 1.165) is 18.4 Å². The van der Waals surface area contributed by atoms with Gasteiger partial charge in [-0.05, 0) is 43.9 Å². The normalized spacial score (nSPS) is 31.0. The van der Waals surface area contributed by atoms with Crippen molar-refractivity contribution in [3.05, 3.63) is 11.4 Å². The van der Waals surface area contributed by atoms with E-state index in [1.807, 2.05) is 0 Å². The molecule has 0 saturated heterocycles. The third kappa shape index (κ3) is 1.73. The third-order valence-corrected chi connectivity index (χ3v) is 4.48. The summed E-state index contributed by atoms with van der Waals surface area (Å²) in [6.07, 6.45) is 5.38. The quantitative estimate of drug-likeness (QED) is 0.866. The van der Waals surface area contributed by atoms with E-state index in [-0.39, 0.29) is 5.69 Å². The van der Waals surface area contributed by atoms with Gasteiger partial charge in [-0.1, -0.05) is 11.6 Å². The molecule has 1 heterocycles. The van der Waals surface area contributed by atoms with Crippen LogP contribution in [0, 0.1) is 24.7 Å². The smallest absolute Gasteiger partial charge is 0.358 e. The van der Waals surface area contributed by atoms with E-state index < -0.39 is 5.97 Å². The summed E-state index contributed by atoms with van der Waals surface area (Å²) < 4.78 is 1.77. The molecule has 0 amide bonds. The van der Waals surface area contributed by atoms with Gasteiger partial charge in [0.05, 0.1) is 5.69 Å². The lowest BCUT2D eigenvalue weighted by Crippen LogP contribution is -2.19. The number of carboxylic acid groups (broad SMARTS) is 1. The van der Waals surface area contributed by atoms with Crippen molar-refractivity contribution >= 4 is 5.97 Å². The van der Waals surface area contributed by atoms with Crippen LogP contribution in [0.1, 0.15) is 41.9 Å². The summed E-state index contributed by atoms with van der Waals surface area (Å²) in [5, 5.41) is 16.6. The van der Waals surface area contributed by atoms with E-state index in [2.05, 4.69) is 10.3 Å². The molecule has 1 N–H and O–H groups in total. The maximum absolute atomic E-state index is 10.9. The van der Waals surface area contributed by atoms with Crippen molar-refractivity contribution in [2.75, 3.05) is 0 Å². The number of carbonyl (C=O) groups is 1. The van der Waals surface area contributed by atoms with Gasteiger partial charge in [0.15, 0.2) is 5.69 Å². The first-order valence-corrected chi connectivity index (χ1v) is 6.28. The number of hydrogen-bond acceptors (Lipinski definition) is 3. The Morgan fingerprint density at radius 2 is 2.29 bits per heavy atom. The summed E-state index contributed by atoms with van der Waals surface area (Å²) in [6.45, 7) is 2.63. The second-order valence-corrected chi connectivity index (χ2v) is 5.45. The molecule has 2 aliphatic rings. The summed E-state index contributed by atoms with van der Waals surface area (Å²) in [5.74, 6) is 1.43. The highest BCUT2D eigenvalue weighted by Crippen LogP contribution is 2.48. The van der Waals surface area contributed by atoms with Crippen molar-refractivity contribution in [3.8, 4) is 0 Å². The first kappa shape index (κ1) is 10.7. The number of nitrogens with zero attached hydrogens (tertiary/aromatic N) is 3. The van der Waals surface area contributed by atoms with Crippen LogP contribution in [0.25, 0.3) is 0 Å². The molecule has 0 aromatic carbocycles. The highest BCUT2D eigenvalue weighted by atomic mass is 16.4. The molecule has 1 aromatic heterocycles. The summed E-state index contributed by atoms with van der Waals surface area (Å²) in [4.78, 5) is 10.9. The minimum Gasteiger partial charge on any atom is -0.476 e. The van der Waals surface area contributed by atoms with E-state index in [9.17, 15) is 4.79 Å². The maximum Gasteiger partial charge on any atom is 0.358 e. The van der Waals surface area contributed by atoms with E-state index >= 15 is 0 Å². The van der Waals surface area contributed by atoms with Gasteiger partial charge in [-0.3, -0.25) is 0 Å². The number of fused-ring (bicyclic) bond motifs is 2. The van der Waals surface area contributed by atoms with Crippen LogP contribution in [0.5, 0.6) is 0 Å². The standard InChI is InChI=1S/C12H17N3O2/c1-7-11(12(16)17)13-14-15(7)6-10-5-8-2-3-9(10)4-8/h8-10H,2-6H2,1H3,(H,16,17). The molecule has 1 aromatic rings. The largest absolute Gasteiger partial charge is 0.476 e. The average molecular weight is 235 g/mol. The molecule has 2 bridgehead atoms. The molecule has 2 fully saturated rings. The average Bonchev–Trinajstić information content (AvgIpc) is 2.95. The lowest BCUT2D eigenvalue weighted by atomic mass is 9.89. The number of aromatic carboxylic acids is 1. The van der Waals surface area contributed by atoms with Crippen LogP contribution in [0.3, 0.4) is 0 Å². The number of hydrogen-bond donors (Lipinski definition) is 1. The van der Waals surface area contributed by atoms with E-state index in [4.69, 9.17) is 5.11 Å². The zero-order valence-corrected chi connectivity index (χ0v) is 9.96. The van der Waals surface area contributed by atoms with Crippen LogP contribution in [0.4, 0.5) is 0 Å². The van der Waals surface area contributed by atoms with Crippen molar-refractivity contribution < 1.29 is 9.90 Å². The van der Waals surface area contributed by atoms with Crippen LogP contribution in [0.2, 0.25) is 0 Å². The molecule has 3 rings (SSSR count). The van der Waals surface area contributed by atoms with Gasteiger partial charge in [-0.25, -0.2) is 9.48 Å².